The fraction of sp³-hybridized carbons (Fsp3) is 0.167. The molecule has 0 saturated carbocycles. The molecule has 3 rings (SSSR count). The van der Waals surface area contributed by atoms with E-state index in [1.54, 1.807) is 36.4 Å². The standard InChI is InChI=1S/C24H22O4/c1-3-17-9-5-7-11-21(17)27-23(25)19-13-15-20(16-14-19)24(26)28-22-12-8-6-10-18(22)4-2/h5-16H,3-4H2,1-2H3. The first-order valence-corrected chi connectivity index (χ1v) is 9.32. The molecule has 0 unspecified atom stereocenters. The quantitative estimate of drug-likeness (QED) is 0.437. The van der Waals surface area contributed by atoms with Crippen molar-refractivity contribution in [2.45, 2.75) is 26.7 Å². The van der Waals surface area contributed by atoms with Gasteiger partial charge in [0.15, 0.2) is 0 Å². The number of aryl methyl sites for hydroxylation is 2. The highest BCUT2D eigenvalue weighted by molar-refractivity contribution is 5.95. The van der Waals surface area contributed by atoms with Gasteiger partial charge in [0.25, 0.3) is 0 Å². The van der Waals surface area contributed by atoms with E-state index < -0.39 is 11.9 Å². The average Bonchev–Trinajstić information content (AvgIpc) is 2.74. The molecule has 0 N–H and O–H groups in total. The van der Waals surface area contributed by atoms with E-state index in [-0.39, 0.29) is 0 Å². The van der Waals surface area contributed by atoms with Crippen LogP contribution in [0.25, 0.3) is 0 Å². The Labute approximate surface area is 164 Å². The van der Waals surface area contributed by atoms with E-state index in [0.717, 1.165) is 24.0 Å². The van der Waals surface area contributed by atoms with Crippen molar-refractivity contribution in [3.63, 3.8) is 0 Å². The number of para-hydroxylation sites is 2. The maximum atomic E-state index is 12.4. The van der Waals surface area contributed by atoms with Gasteiger partial charge in [-0.1, -0.05) is 50.2 Å². The Bertz CT molecular complexity index is 893. The Hall–Kier alpha value is -3.40. The summed E-state index contributed by atoms with van der Waals surface area (Å²) in [5.41, 5.74) is 2.67. The maximum absolute atomic E-state index is 12.4. The summed E-state index contributed by atoms with van der Waals surface area (Å²) >= 11 is 0. The van der Waals surface area contributed by atoms with Crippen molar-refractivity contribution < 1.29 is 19.1 Å². The van der Waals surface area contributed by atoms with Gasteiger partial charge >= 0.3 is 11.9 Å². The van der Waals surface area contributed by atoms with Crippen LogP contribution in [0.5, 0.6) is 11.5 Å². The van der Waals surface area contributed by atoms with Crippen LogP contribution in [-0.2, 0) is 12.8 Å². The van der Waals surface area contributed by atoms with Crippen molar-refractivity contribution in [1.29, 1.82) is 0 Å². The average molecular weight is 374 g/mol. The highest BCUT2D eigenvalue weighted by Crippen LogP contribution is 2.21. The van der Waals surface area contributed by atoms with E-state index in [1.807, 2.05) is 50.2 Å². The normalized spacial score (nSPS) is 10.4. The minimum atomic E-state index is -0.461. The topological polar surface area (TPSA) is 52.6 Å². The Balaban J connectivity index is 1.70. The van der Waals surface area contributed by atoms with Gasteiger partial charge in [0, 0.05) is 0 Å². The van der Waals surface area contributed by atoms with Gasteiger partial charge in [-0.15, -0.1) is 0 Å². The van der Waals surface area contributed by atoms with Gasteiger partial charge in [-0.25, -0.2) is 9.59 Å². The van der Waals surface area contributed by atoms with E-state index in [2.05, 4.69) is 0 Å². The van der Waals surface area contributed by atoms with Gasteiger partial charge < -0.3 is 9.47 Å². The lowest BCUT2D eigenvalue weighted by molar-refractivity contribution is 0.0719. The summed E-state index contributed by atoms with van der Waals surface area (Å²) in [4.78, 5) is 24.8. The molecule has 28 heavy (non-hydrogen) atoms. The number of rotatable bonds is 6. The SMILES string of the molecule is CCc1ccccc1OC(=O)c1ccc(C(=O)Oc2ccccc2CC)cc1. The molecule has 4 nitrogen and oxygen atoms in total. The zero-order valence-corrected chi connectivity index (χ0v) is 16.0. The highest BCUT2D eigenvalue weighted by Gasteiger charge is 2.14. The Morgan fingerprint density at radius 1 is 0.607 bits per heavy atom. The lowest BCUT2D eigenvalue weighted by atomic mass is 10.1. The third-order valence-corrected chi connectivity index (χ3v) is 4.47. The molecule has 4 heteroatoms. The molecule has 3 aromatic rings. The number of hydrogen-bond acceptors (Lipinski definition) is 4. The minimum absolute atomic E-state index is 0.372. The van der Waals surface area contributed by atoms with E-state index in [9.17, 15) is 9.59 Å². The third kappa shape index (κ3) is 4.46. The van der Waals surface area contributed by atoms with Gasteiger partial charge in [0.2, 0.25) is 0 Å². The van der Waals surface area contributed by atoms with E-state index >= 15 is 0 Å². The second kappa shape index (κ2) is 9.00. The Kier molecular flexibility index (Phi) is 6.22. The van der Waals surface area contributed by atoms with Crippen molar-refractivity contribution >= 4 is 11.9 Å². The van der Waals surface area contributed by atoms with Gasteiger partial charge in [-0.05, 0) is 60.4 Å². The molecule has 0 bridgehead atoms. The van der Waals surface area contributed by atoms with Crippen LogP contribution in [0.1, 0.15) is 45.7 Å². The van der Waals surface area contributed by atoms with Gasteiger partial charge in [-0.3, -0.25) is 0 Å². The van der Waals surface area contributed by atoms with E-state index in [0.29, 0.717) is 22.6 Å². The zero-order valence-electron chi connectivity index (χ0n) is 16.0. The molecule has 0 atom stereocenters. The molecule has 0 heterocycles. The van der Waals surface area contributed by atoms with Crippen LogP contribution in [0.15, 0.2) is 72.8 Å². The Morgan fingerprint density at radius 2 is 0.964 bits per heavy atom. The number of carbonyl (C=O) groups is 2. The molecule has 3 aromatic carbocycles. The summed E-state index contributed by atoms with van der Waals surface area (Å²) in [6.45, 7) is 4.01. The third-order valence-electron chi connectivity index (χ3n) is 4.47. The van der Waals surface area contributed by atoms with Crippen LogP contribution < -0.4 is 9.47 Å². The fourth-order valence-electron chi connectivity index (χ4n) is 2.85. The molecule has 142 valence electrons. The fourth-order valence-corrected chi connectivity index (χ4v) is 2.85. The van der Waals surface area contributed by atoms with Gasteiger partial charge in [-0.2, -0.15) is 0 Å². The molecule has 0 fully saturated rings. The number of ether oxygens (including phenoxy) is 2. The summed E-state index contributed by atoms with van der Waals surface area (Å²) in [6.07, 6.45) is 1.54. The predicted octanol–water partition coefficient (Wildman–Crippen LogP) is 5.25. The largest absolute Gasteiger partial charge is 0.423 e. The van der Waals surface area contributed by atoms with E-state index in [1.165, 1.54) is 0 Å². The van der Waals surface area contributed by atoms with Crippen molar-refractivity contribution in [3.05, 3.63) is 95.1 Å². The minimum Gasteiger partial charge on any atom is -0.423 e. The monoisotopic (exact) mass is 374 g/mol. The van der Waals surface area contributed by atoms with Crippen molar-refractivity contribution in [2.75, 3.05) is 0 Å². The summed E-state index contributed by atoms with van der Waals surface area (Å²) in [5, 5.41) is 0. The van der Waals surface area contributed by atoms with Crippen molar-refractivity contribution in [3.8, 4) is 11.5 Å². The second-order valence-electron chi connectivity index (χ2n) is 6.28. The predicted molar refractivity (Wildman–Crippen MR) is 108 cm³/mol. The lowest BCUT2D eigenvalue weighted by Crippen LogP contribution is -2.12. The first-order valence-electron chi connectivity index (χ1n) is 9.32. The molecule has 0 saturated heterocycles. The Morgan fingerprint density at radius 3 is 1.32 bits per heavy atom. The molecule has 0 amide bonds. The van der Waals surface area contributed by atoms with Crippen LogP contribution in [0.4, 0.5) is 0 Å². The molecular formula is C24H22O4. The summed E-state index contributed by atoms with van der Waals surface area (Å²) in [5.74, 6) is 0.179. The van der Waals surface area contributed by atoms with Crippen LogP contribution in [0.2, 0.25) is 0 Å². The van der Waals surface area contributed by atoms with Crippen molar-refractivity contribution in [2.24, 2.45) is 0 Å². The van der Waals surface area contributed by atoms with Crippen molar-refractivity contribution in [1.82, 2.24) is 0 Å². The molecule has 0 aliphatic rings. The summed E-state index contributed by atoms with van der Waals surface area (Å²) < 4.78 is 11.0. The first kappa shape index (κ1) is 19.4. The number of esters is 2. The van der Waals surface area contributed by atoms with E-state index in [4.69, 9.17) is 9.47 Å². The van der Waals surface area contributed by atoms with Crippen LogP contribution in [-0.4, -0.2) is 11.9 Å². The van der Waals surface area contributed by atoms with Crippen LogP contribution >= 0.6 is 0 Å². The number of hydrogen-bond donors (Lipinski definition) is 0. The van der Waals surface area contributed by atoms with Gasteiger partial charge in [0.1, 0.15) is 11.5 Å². The molecule has 0 radical (unpaired) electrons. The molecular weight excluding hydrogens is 352 g/mol. The van der Waals surface area contributed by atoms with Gasteiger partial charge in [0.05, 0.1) is 11.1 Å². The number of benzene rings is 3. The molecule has 0 aliphatic carbocycles. The maximum Gasteiger partial charge on any atom is 0.343 e. The zero-order chi connectivity index (χ0) is 19.9. The smallest absolute Gasteiger partial charge is 0.343 e. The van der Waals surface area contributed by atoms with Crippen LogP contribution in [0, 0.1) is 0 Å². The number of carbonyl (C=O) groups excluding carboxylic acids is 2. The molecule has 0 aromatic heterocycles. The molecule has 0 aliphatic heterocycles. The second-order valence-corrected chi connectivity index (χ2v) is 6.28. The highest BCUT2D eigenvalue weighted by atomic mass is 16.5. The van der Waals surface area contributed by atoms with Crippen LogP contribution in [0.3, 0.4) is 0 Å². The lowest BCUT2D eigenvalue weighted by Gasteiger charge is -2.10. The summed E-state index contributed by atoms with van der Waals surface area (Å²) in [6, 6.07) is 21.1. The molecule has 0 spiro atoms. The summed E-state index contributed by atoms with van der Waals surface area (Å²) in [7, 11) is 0. The first-order chi connectivity index (χ1) is 13.6.